The summed E-state index contributed by atoms with van der Waals surface area (Å²) in [7, 11) is 0. The van der Waals surface area contributed by atoms with Gasteiger partial charge in [0.2, 0.25) is 5.91 Å². The van der Waals surface area contributed by atoms with Crippen molar-refractivity contribution in [3.8, 4) is 0 Å². The molecule has 0 aromatic heterocycles. The molecule has 1 amide bonds. The zero-order chi connectivity index (χ0) is 79.5. The molecule has 0 saturated carbocycles. The third kappa shape index (κ3) is 49.5. The molecule has 0 aliphatic carbocycles. The van der Waals surface area contributed by atoms with E-state index in [9.17, 15) is 61.0 Å². The van der Waals surface area contributed by atoms with Crippen LogP contribution in [0.5, 0.6) is 0 Å². The lowest BCUT2D eigenvalue weighted by molar-refractivity contribution is -0.379. The Hall–Kier alpha value is -1.73. The van der Waals surface area contributed by atoms with Gasteiger partial charge in [0, 0.05) is 6.42 Å². The van der Waals surface area contributed by atoms with Crippen LogP contribution in [0.2, 0.25) is 0 Å². The predicted molar refractivity (Wildman–Crippen MR) is 443 cm³/mol. The number of aliphatic hydroxyl groups is 11. The average Bonchev–Trinajstić information content (AvgIpc) is 0.780. The third-order valence-corrected chi connectivity index (χ3v) is 23.5. The first-order valence-electron chi connectivity index (χ1n) is 46.6. The van der Waals surface area contributed by atoms with Crippen molar-refractivity contribution >= 4 is 5.91 Å². The molecular weight excluding hydrogens is 1390 g/mol. The van der Waals surface area contributed by atoms with Crippen LogP contribution >= 0.6 is 0 Å². The topological polar surface area (TPSA) is 307 Å². The van der Waals surface area contributed by atoms with Crippen LogP contribution in [0.4, 0.5) is 0 Å². The summed E-state index contributed by atoms with van der Waals surface area (Å²) in [4.78, 5) is 13.5. The SMILES string of the molecule is CCCCCCCCCC/C=C\CCCCCCCCCCCCCCCCCCCCCCCCCCCCCC(=O)NC(COC1OC(CO)C(OC2OC(CO)C(OC3OC(CO)C(O)C(O)C3O)C(O)C2O)C(O)C1O)C(O)/C=C/CCCCCCCCCCCCCCCCCCCCCCCCCC. The van der Waals surface area contributed by atoms with E-state index < -0.39 is 124 Å². The van der Waals surface area contributed by atoms with Crippen molar-refractivity contribution in [1.82, 2.24) is 5.32 Å². The van der Waals surface area contributed by atoms with Gasteiger partial charge in [0.25, 0.3) is 0 Å². The minimum Gasteiger partial charge on any atom is -0.394 e. The Morgan fingerprint density at radius 1 is 0.318 bits per heavy atom. The molecule has 19 nitrogen and oxygen atoms in total. The first-order valence-corrected chi connectivity index (χ1v) is 46.6. The summed E-state index contributed by atoms with van der Waals surface area (Å²) in [6, 6.07) is -0.972. The maximum absolute atomic E-state index is 13.5. The van der Waals surface area contributed by atoms with E-state index in [0.29, 0.717) is 6.42 Å². The highest BCUT2D eigenvalue weighted by Crippen LogP contribution is 2.34. The zero-order valence-corrected chi connectivity index (χ0v) is 70.3. The molecule has 0 aromatic rings. The lowest BCUT2D eigenvalue weighted by Crippen LogP contribution is -2.66. The van der Waals surface area contributed by atoms with Gasteiger partial charge in [-0.2, -0.15) is 0 Å². The average molecular weight is 1570 g/mol. The fourth-order valence-corrected chi connectivity index (χ4v) is 16.1. The predicted octanol–water partition coefficient (Wildman–Crippen LogP) is 18.0. The minimum absolute atomic E-state index is 0.250. The molecule has 17 unspecified atom stereocenters. The molecule has 19 heteroatoms. The smallest absolute Gasteiger partial charge is 0.220 e. The van der Waals surface area contributed by atoms with Crippen LogP contribution in [-0.2, 0) is 33.2 Å². The van der Waals surface area contributed by atoms with Gasteiger partial charge in [-0.25, -0.2) is 0 Å². The van der Waals surface area contributed by atoms with Gasteiger partial charge in [-0.15, -0.1) is 0 Å². The summed E-state index contributed by atoms with van der Waals surface area (Å²) < 4.78 is 34.5. The van der Waals surface area contributed by atoms with Crippen LogP contribution in [0.25, 0.3) is 0 Å². The number of rotatable bonds is 77. The molecule has 3 heterocycles. The standard InChI is InChI=1S/C91H173NO18/c1-3-5-7-9-11-13-15-17-19-21-23-25-27-29-31-32-33-34-35-36-37-38-39-40-41-42-43-45-47-49-51-53-55-57-59-61-63-65-67-69-79(97)92-74(75(96)68-66-64-62-60-58-56-54-52-50-48-46-44-30-28-26-24-22-20-18-16-14-12-10-8-6-4-2)73-105-89-85(103)82(100)87(77(71-94)107-89)110-91-86(104)83(101)88(78(72-95)108-91)109-90-84(102)81(99)80(98)76(70-93)106-90/h21,23,66,68,74-78,80-91,93-96,98-104H,3-20,22,24-65,67,69-73H2,1-2H3,(H,92,97)/b23-21-,68-66+. The van der Waals surface area contributed by atoms with Gasteiger partial charge in [-0.05, 0) is 44.9 Å². The van der Waals surface area contributed by atoms with Crippen LogP contribution < -0.4 is 5.32 Å². The first kappa shape index (κ1) is 102. The Labute approximate surface area is 670 Å². The van der Waals surface area contributed by atoms with Crippen molar-refractivity contribution < 1.29 is 89.4 Å². The van der Waals surface area contributed by atoms with E-state index in [1.807, 2.05) is 6.08 Å². The van der Waals surface area contributed by atoms with Gasteiger partial charge in [0.05, 0.1) is 38.6 Å². The summed E-state index contributed by atoms with van der Waals surface area (Å²) in [5.74, 6) is -0.265. The van der Waals surface area contributed by atoms with Crippen molar-refractivity contribution in [2.75, 3.05) is 26.4 Å². The van der Waals surface area contributed by atoms with E-state index in [4.69, 9.17) is 28.4 Å². The number of hydrogen-bond acceptors (Lipinski definition) is 18. The highest BCUT2D eigenvalue weighted by Gasteiger charge is 2.54. The maximum Gasteiger partial charge on any atom is 0.220 e. The maximum atomic E-state index is 13.5. The molecule has 110 heavy (non-hydrogen) atoms. The molecule has 0 bridgehead atoms. The second-order valence-electron chi connectivity index (χ2n) is 33.5. The van der Waals surface area contributed by atoms with Crippen LogP contribution in [-0.4, -0.2) is 193 Å². The molecule has 650 valence electrons. The van der Waals surface area contributed by atoms with E-state index in [1.165, 1.54) is 347 Å². The van der Waals surface area contributed by atoms with E-state index >= 15 is 0 Å². The molecule has 12 N–H and O–H groups in total. The number of hydrogen-bond donors (Lipinski definition) is 12. The number of carbonyl (C=O) groups is 1. The van der Waals surface area contributed by atoms with Crippen LogP contribution in [0.1, 0.15) is 418 Å². The molecule has 0 radical (unpaired) electrons. The highest BCUT2D eigenvalue weighted by atomic mass is 16.8. The summed E-state index contributed by atoms with van der Waals surface area (Å²) >= 11 is 0. The quantitative estimate of drug-likeness (QED) is 0.0199. The summed E-state index contributed by atoms with van der Waals surface area (Å²) in [5, 5.41) is 121. The Kier molecular flexibility index (Phi) is 66.5. The fraction of sp³-hybridized carbons (Fsp3) is 0.945. The fourth-order valence-electron chi connectivity index (χ4n) is 16.1. The van der Waals surface area contributed by atoms with Gasteiger partial charge in [0.1, 0.15) is 73.2 Å². The Balaban J connectivity index is 1.30. The largest absolute Gasteiger partial charge is 0.394 e. The van der Waals surface area contributed by atoms with Gasteiger partial charge in [-0.3, -0.25) is 4.79 Å². The van der Waals surface area contributed by atoms with Crippen molar-refractivity contribution in [3.05, 3.63) is 24.3 Å². The van der Waals surface area contributed by atoms with E-state index in [1.54, 1.807) is 6.08 Å². The Morgan fingerprint density at radius 3 is 0.882 bits per heavy atom. The molecule has 3 fully saturated rings. The molecule has 3 aliphatic rings. The number of amides is 1. The molecule has 17 atom stereocenters. The number of carbonyl (C=O) groups excluding carboxylic acids is 1. The van der Waals surface area contributed by atoms with E-state index in [-0.39, 0.29) is 18.9 Å². The molecule has 3 rings (SSSR count). The van der Waals surface area contributed by atoms with Gasteiger partial charge >= 0.3 is 0 Å². The zero-order valence-electron chi connectivity index (χ0n) is 70.3. The van der Waals surface area contributed by atoms with Crippen molar-refractivity contribution in [1.29, 1.82) is 0 Å². The Bertz CT molecular complexity index is 2070. The highest BCUT2D eigenvalue weighted by molar-refractivity contribution is 5.76. The number of nitrogens with one attached hydrogen (secondary N) is 1. The van der Waals surface area contributed by atoms with Gasteiger partial charge < -0.3 is 89.9 Å². The second-order valence-corrected chi connectivity index (χ2v) is 33.5. The van der Waals surface area contributed by atoms with E-state index in [2.05, 4.69) is 31.3 Å². The molecule has 3 aliphatic heterocycles. The van der Waals surface area contributed by atoms with Crippen molar-refractivity contribution in [3.63, 3.8) is 0 Å². The summed E-state index contributed by atoms with van der Waals surface area (Å²) in [6.07, 6.45) is 63.5. The van der Waals surface area contributed by atoms with Gasteiger partial charge in [0.15, 0.2) is 18.9 Å². The second kappa shape index (κ2) is 71.4. The Morgan fingerprint density at radius 2 is 0.573 bits per heavy atom. The molecule has 0 spiro atoms. The number of aliphatic hydroxyl groups excluding tert-OH is 11. The number of ether oxygens (including phenoxy) is 6. The first-order chi connectivity index (χ1) is 53.8. The minimum atomic E-state index is -1.98. The van der Waals surface area contributed by atoms with Crippen LogP contribution in [0, 0.1) is 0 Å². The van der Waals surface area contributed by atoms with Crippen molar-refractivity contribution in [2.24, 2.45) is 0 Å². The lowest BCUT2D eigenvalue weighted by Gasteiger charge is -2.48. The molecular formula is C91H173NO18. The van der Waals surface area contributed by atoms with Crippen LogP contribution in [0.3, 0.4) is 0 Å². The summed E-state index contributed by atoms with van der Waals surface area (Å²) in [6.45, 7) is 1.81. The lowest BCUT2D eigenvalue weighted by atomic mass is 9.96. The normalized spacial score (nSPS) is 25.2. The number of allylic oxidation sites excluding steroid dienone is 3. The number of unbranched alkanes of at least 4 members (excludes halogenated alkanes) is 59. The van der Waals surface area contributed by atoms with E-state index in [0.717, 1.165) is 44.9 Å². The molecule has 3 saturated heterocycles. The van der Waals surface area contributed by atoms with Gasteiger partial charge in [-0.1, -0.05) is 391 Å². The van der Waals surface area contributed by atoms with Crippen LogP contribution in [0.15, 0.2) is 24.3 Å². The third-order valence-electron chi connectivity index (χ3n) is 23.5. The molecule has 0 aromatic carbocycles. The monoisotopic (exact) mass is 1570 g/mol. The summed E-state index contributed by atoms with van der Waals surface area (Å²) in [5.41, 5.74) is 0. The van der Waals surface area contributed by atoms with Crippen molar-refractivity contribution in [2.45, 2.75) is 523 Å².